The van der Waals surface area contributed by atoms with E-state index in [2.05, 4.69) is 27.7 Å². The molecule has 2 aromatic rings. The molecule has 0 spiro atoms. The highest BCUT2D eigenvalue weighted by atomic mass is 33.1. The first kappa shape index (κ1) is 29.5. The third-order valence-corrected chi connectivity index (χ3v) is 13.3. The minimum absolute atomic E-state index is 0.0952. The van der Waals surface area contributed by atoms with Crippen LogP contribution in [-0.4, -0.2) is 41.7 Å². The predicted molar refractivity (Wildman–Crippen MR) is 143 cm³/mol. The molecule has 0 saturated heterocycles. The van der Waals surface area contributed by atoms with Gasteiger partial charge in [0.25, 0.3) is 0 Å². The summed E-state index contributed by atoms with van der Waals surface area (Å²) >= 11 is 0. The SMILES string of the molecule is CCC[P+](CCC)(CCC)CCC.O=C([O-])c1ccccc1SSc1ccccc1C(=O)O. The summed E-state index contributed by atoms with van der Waals surface area (Å²) in [4.78, 5) is 23.2. The molecule has 0 radical (unpaired) electrons. The first-order valence-electron chi connectivity index (χ1n) is 11.7. The molecule has 0 atom stereocenters. The Morgan fingerprint density at radius 1 is 0.727 bits per heavy atom. The first-order valence-corrected chi connectivity index (χ1v) is 16.3. The number of hydrogen-bond acceptors (Lipinski definition) is 5. The zero-order chi connectivity index (χ0) is 24.7. The number of carbonyl (C=O) groups excluding carboxylic acids is 1. The van der Waals surface area contributed by atoms with Crippen molar-refractivity contribution < 1.29 is 19.8 Å². The van der Waals surface area contributed by atoms with E-state index >= 15 is 0 Å². The van der Waals surface area contributed by atoms with Crippen molar-refractivity contribution in [2.75, 3.05) is 24.6 Å². The van der Waals surface area contributed by atoms with Gasteiger partial charge in [-0.25, -0.2) is 4.79 Å². The molecule has 0 heterocycles. The van der Waals surface area contributed by atoms with Crippen LogP contribution in [0.5, 0.6) is 0 Å². The smallest absolute Gasteiger partial charge is 0.336 e. The fourth-order valence-corrected chi connectivity index (χ4v) is 11.6. The topological polar surface area (TPSA) is 77.4 Å². The van der Waals surface area contributed by atoms with Crippen molar-refractivity contribution in [2.24, 2.45) is 0 Å². The van der Waals surface area contributed by atoms with Crippen LogP contribution in [0.2, 0.25) is 0 Å². The Hall–Kier alpha value is -1.49. The van der Waals surface area contributed by atoms with E-state index in [1.165, 1.54) is 59.4 Å². The van der Waals surface area contributed by atoms with Gasteiger partial charge in [-0.2, -0.15) is 0 Å². The second-order valence-corrected chi connectivity index (χ2v) is 14.7. The monoisotopic (exact) mass is 508 g/mol. The third-order valence-electron chi connectivity index (χ3n) is 5.24. The molecule has 2 aromatic carbocycles. The molecular formula is C26H37O4PS2. The molecule has 2 rings (SSSR count). The highest BCUT2D eigenvalue weighted by molar-refractivity contribution is 8.76. The maximum absolute atomic E-state index is 11.1. The van der Waals surface area contributed by atoms with Crippen LogP contribution in [0.4, 0.5) is 0 Å². The van der Waals surface area contributed by atoms with E-state index in [0.29, 0.717) is 9.79 Å². The highest BCUT2D eigenvalue weighted by Crippen LogP contribution is 2.60. The number of hydrogen-bond donors (Lipinski definition) is 1. The molecule has 0 unspecified atom stereocenters. The molecule has 182 valence electrons. The summed E-state index contributed by atoms with van der Waals surface area (Å²) in [6, 6.07) is 13.0. The van der Waals surface area contributed by atoms with E-state index < -0.39 is 19.2 Å². The van der Waals surface area contributed by atoms with E-state index in [-0.39, 0.29) is 11.1 Å². The average molecular weight is 509 g/mol. The molecule has 0 fully saturated rings. The maximum Gasteiger partial charge on any atom is 0.336 e. The van der Waals surface area contributed by atoms with Crippen LogP contribution in [0.3, 0.4) is 0 Å². The van der Waals surface area contributed by atoms with E-state index in [1.807, 2.05) is 0 Å². The van der Waals surface area contributed by atoms with Gasteiger partial charge in [-0.15, -0.1) is 0 Å². The Morgan fingerprint density at radius 3 is 1.45 bits per heavy atom. The van der Waals surface area contributed by atoms with Gasteiger partial charge in [0.15, 0.2) is 0 Å². The fourth-order valence-electron chi connectivity index (χ4n) is 4.08. The molecule has 0 bridgehead atoms. The van der Waals surface area contributed by atoms with Gasteiger partial charge < -0.3 is 15.0 Å². The standard InChI is InChI=1S/C14H10O4S2.C12H28P/c15-13(16)9-5-1-3-7-11(9)19-20-12-8-4-2-6-10(12)14(17)18;1-5-9-13(10-6-2,11-7-3)12-8-4/h1-8H,(H,15,16)(H,17,18);5-12H2,1-4H3/q;+1/p-1. The molecule has 7 heteroatoms. The summed E-state index contributed by atoms with van der Waals surface area (Å²) in [6.45, 7) is 9.43. The number of aromatic carboxylic acids is 2. The lowest BCUT2D eigenvalue weighted by Crippen LogP contribution is -2.22. The van der Waals surface area contributed by atoms with Crippen molar-refractivity contribution in [3.63, 3.8) is 0 Å². The average Bonchev–Trinajstić information content (AvgIpc) is 2.79. The Balaban J connectivity index is 0.000000366. The summed E-state index contributed by atoms with van der Waals surface area (Å²) in [7, 11) is 1.90. The molecule has 1 N–H and O–H groups in total. The second kappa shape index (κ2) is 16.2. The summed E-state index contributed by atoms with van der Waals surface area (Å²) in [5.41, 5.74) is 0.286. The van der Waals surface area contributed by atoms with Crippen molar-refractivity contribution in [3.8, 4) is 0 Å². The van der Waals surface area contributed by atoms with Crippen LogP contribution in [-0.2, 0) is 0 Å². The first-order chi connectivity index (χ1) is 15.8. The molecule has 0 aliphatic rings. The van der Waals surface area contributed by atoms with Crippen molar-refractivity contribution in [2.45, 2.75) is 63.2 Å². The van der Waals surface area contributed by atoms with Gasteiger partial charge in [-0.05, 0) is 43.9 Å². The van der Waals surface area contributed by atoms with Gasteiger partial charge >= 0.3 is 5.97 Å². The normalized spacial score (nSPS) is 10.9. The van der Waals surface area contributed by atoms with Crippen LogP contribution in [0.1, 0.15) is 74.1 Å². The van der Waals surface area contributed by atoms with Crippen molar-refractivity contribution in [1.82, 2.24) is 0 Å². The number of carboxylic acids is 2. The van der Waals surface area contributed by atoms with Gasteiger partial charge in [0, 0.05) is 22.6 Å². The zero-order valence-electron chi connectivity index (χ0n) is 20.2. The van der Waals surface area contributed by atoms with Crippen molar-refractivity contribution in [1.29, 1.82) is 0 Å². The molecule has 0 saturated carbocycles. The molecule has 0 amide bonds. The van der Waals surface area contributed by atoms with Crippen LogP contribution in [0.25, 0.3) is 0 Å². The van der Waals surface area contributed by atoms with Crippen LogP contribution in [0, 0.1) is 0 Å². The van der Waals surface area contributed by atoms with E-state index in [9.17, 15) is 14.7 Å². The third kappa shape index (κ3) is 10.1. The number of carbonyl (C=O) groups is 2. The van der Waals surface area contributed by atoms with Crippen LogP contribution < -0.4 is 5.11 Å². The number of carboxylic acid groups (broad SMARTS) is 2. The second-order valence-electron chi connectivity index (χ2n) is 7.99. The fraction of sp³-hybridized carbons (Fsp3) is 0.462. The molecule has 33 heavy (non-hydrogen) atoms. The molecule has 0 aliphatic heterocycles. The highest BCUT2D eigenvalue weighted by Gasteiger charge is 2.32. The molecule has 0 aromatic heterocycles. The lowest BCUT2D eigenvalue weighted by molar-refractivity contribution is -0.255. The van der Waals surface area contributed by atoms with Crippen LogP contribution in [0.15, 0.2) is 58.3 Å². The minimum atomic E-state index is -1.25. The largest absolute Gasteiger partial charge is 0.545 e. The molecular weight excluding hydrogens is 471 g/mol. The van der Waals surface area contributed by atoms with Gasteiger partial charge in [0.2, 0.25) is 0 Å². The van der Waals surface area contributed by atoms with Gasteiger partial charge in [-0.1, -0.05) is 79.6 Å². The van der Waals surface area contributed by atoms with Crippen molar-refractivity contribution in [3.05, 3.63) is 59.7 Å². The Morgan fingerprint density at radius 2 is 1.09 bits per heavy atom. The molecule has 4 nitrogen and oxygen atoms in total. The van der Waals surface area contributed by atoms with Gasteiger partial charge in [-0.3, -0.25) is 0 Å². The maximum atomic E-state index is 11.1. The van der Waals surface area contributed by atoms with Crippen LogP contribution >= 0.6 is 28.9 Å². The quantitative estimate of drug-likeness (QED) is 0.228. The van der Waals surface area contributed by atoms with E-state index in [4.69, 9.17) is 5.11 Å². The zero-order valence-corrected chi connectivity index (χ0v) is 22.7. The van der Waals surface area contributed by atoms with Gasteiger partial charge in [0.05, 0.1) is 36.2 Å². The minimum Gasteiger partial charge on any atom is -0.545 e. The Kier molecular flexibility index (Phi) is 14.5. The summed E-state index contributed by atoms with van der Waals surface area (Å²) < 4.78 is 0. The number of rotatable bonds is 13. The lowest BCUT2D eigenvalue weighted by atomic mass is 10.2. The number of benzene rings is 2. The summed E-state index contributed by atoms with van der Waals surface area (Å²) in [5.74, 6) is -2.26. The predicted octanol–water partition coefficient (Wildman–Crippen LogP) is 7.19. The van der Waals surface area contributed by atoms with E-state index in [1.54, 1.807) is 61.0 Å². The van der Waals surface area contributed by atoms with Gasteiger partial charge in [0.1, 0.15) is 0 Å². The Labute approximate surface area is 207 Å². The van der Waals surface area contributed by atoms with Crippen molar-refractivity contribution >= 4 is 40.8 Å². The summed E-state index contributed by atoms with van der Waals surface area (Å²) in [5, 5.41) is 20.1. The lowest BCUT2D eigenvalue weighted by Gasteiger charge is -2.26. The molecule has 0 aliphatic carbocycles. The summed E-state index contributed by atoms with van der Waals surface area (Å²) in [6.07, 6.45) is 11.9. The van der Waals surface area contributed by atoms with E-state index in [0.717, 1.165) is 0 Å². The Bertz CT molecular complexity index is 786.